The van der Waals surface area contributed by atoms with Gasteiger partial charge in [-0.05, 0) is 43.4 Å². The smallest absolute Gasteiger partial charge is 0.469 e. The Balaban J connectivity index is 2.04. The molecule has 2 aromatic rings. The maximum absolute atomic E-state index is 12.0. The van der Waals surface area contributed by atoms with Gasteiger partial charge in [-0.2, -0.15) is 4.68 Å². The largest absolute Gasteiger partial charge is 0.573 e. The standard InChI is InChI=1S/C11H9F3N2O3S/c1-7(16-10(20)17-6-15-16)18-8-2-4-9(5-3-8)19-11(12,13)14/h2-7H,1H3. The van der Waals surface area contributed by atoms with Crippen molar-refractivity contribution < 1.29 is 27.1 Å². The van der Waals surface area contributed by atoms with Crippen LogP contribution in [0.5, 0.6) is 11.5 Å². The Morgan fingerprint density at radius 2 is 1.85 bits per heavy atom. The number of aromatic nitrogens is 2. The summed E-state index contributed by atoms with van der Waals surface area (Å²) in [7, 11) is 0. The molecule has 1 atom stereocenters. The summed E-state index contributed by atoms with van der Waals surface area (Å²) in [6, 6.07) is 5.00. The molecule has 0 aliphatic rings. The highest BCUT2D eigenvalue weighted by Gasteiger charge is 2.31. The molecule has 0 radical (unpaired) electrons. The van der Waals surface area contributed by atoms with Crippen molar-refractivity contribution in [3.05, 3.63) is 35.5 Å². The fourth-order valence-electron chi connectivity index (χ4n) is 1.43. The summed E-state index contributed by atoms with van der Waals surface area (Å²) in [6.45, 7) is 1.67. The zero-order valence-electron chi connectivity index (χ0n) is 10.1. The number of ether oxygens (including phenoxy) is 2. The van der Waals surface area contributed by atoms with Gasteiger partial charge in [-0.1, -0.05) is 0 Å². The minimum Gasteiger partial charge on any atom is -0.469 e. The van der Waals surface area contributed by atoms with Crippen LogP contribution in [0.1, 0.15) is 13.2 Å². The van der Waals surface area contributed by atoms with Crippen LogP contribution in [0.2, 0.25) is 0 Å². The fraction of sp³-hybridized carbons (Fsp3) is 0.273. The minimum atomic E-state index is -4.72. The van der Waals surface area contributed by atoms with E-state index < -0.39 is 12.6 Å². The van der Waals surface area contributed by atoms with Gasteiger partial charge in [0.2, 0.25) is 6.39 Å². The Hall–Kier alpha value is -2.03. The lowest BCUT2D eigenvalue weighted by atomic mass is 10.3. The number of alkyl halides is 3. The van der Waals surface area contributed by atoms with Gasteiger partial charge in [0.15, 0.2) is 6.23 Å². The molecule has 9 heteroatoms. The van der Waals surface area contributed by atoms with E-state index in [1.165, 1.54) is 23.2 Å². The van der Waals surface area contributed by atoms with Gasteiger partial charge in [0.25, 0.3) is 4.84 Å². The molecule has 0 fully saturated rings. The summed E-state index contributed by atoms with van der Waals surface area (Å²) in [5.74, 6) is 0.0208. The van der Waals surface area contributed by atoms with E-state index in [0.29, 0.717) is 5.75 Å². The third kappa shape index (κ3) is 3.73. The van der Waals surface area contributed by atoms with Crippen LogP contribution in [0.15, 0.2) is 35.1 Å². The van der Waals surface area contributed by atoms with Crippen LogP contribution < -0.4 is 9.47 Å². The second-order valence-corrected chi connectivity index (χ2v) is 4.03. The van der Waals surface area contributed by atoms with Gasteiger partial charge >= 0.3 is 6.36 Å². The number of halogens is 3. The average Bonchev–Trinajstić information content (AvgIpc) is 2.76. The molecule has 1 unspecified atom stereocenters. The van der Waals surface area contributed by atoms with E-state index in [-0.39, 0.29) is 10.6 Å². The number of hydrogen-bond donors (Lipinski definition) is 0. The monoisotopic (exact) mass is 306 g/mol. The van der Waals surface area contributed by atoms with E-state index in [1.54, 1.807) is 6.92 Å². The first kappa shape index (κ1) is 14.4. The molecule has 0 saturated carbocycles. The highest BCUT2D eigenvalue weighted by atomic mass is 32.1. The van der Waals surface area contributed by atoms with Gasteiger partial charge in [-0.3, -0.25) is 0 Å². The van der Waals surface area contributed by atoms with Gasteiger partial charge in [0.05, 0.1) is 0 Å². The Morgan fingerprint density at radius 1 is 1.25 bits per heavy atom. The predicted molar refractivity (Wildman–Crippen MR) is 63.8 cm³/mol. The molecular formula is C11H9F3N2O3S. The summed E-state index contributed by atoms with van der Waals surface area (Å²) in [6.07, 6.45) is -4.11. The maximum Gasteiger partial charge on any atom is 0.573 e. The zero-order chi connectivity index (χ0) is 14.8. The Bertz CT molecular complexity index is 621. The Morgan fingerprint density at radius 3 is 2.35 bits per heavy atom. The maximum atomic E-state index is 12.0. The second kappa shape index (κ2) is 5.53. The SMILES string of the molecule is CC(Oc1ccc(OC(F)(F)F)cc1)n1ncoc1=S. The minimum absolute atomic E-state index is 0.134. The predicted octanol–water partition coefficient (Wildman–Crippen LogP) is 3.70. The van der Waals surface area contributed by atoms with Crippen molar-refractivity contribution in [1.82, 2.24) is 9.78 Å². The molecule has 1 heterocycles. The first-order valence-electron chi connectivity index (χ1n) is 5.40. The Kier molecular flexibility index (Phi) is 3.98. The van der Waals surface area contributed by atoms with Crippen LogP contribution in [0.25, 0.3) is 0 Å². The molecule has 108 valence electrons. The quantitative estimate of drug-likeness (QED) is 0.806. The van der Waals surface area contributed by atoms with E-state index in [2.05, 4.69) is 9.84 Å². The molecule has 0 aliphatic carbocycles. The van der Waals surface area contributed by atoms with Crippen LogP contribution in [0.4, 0.5) is 13.2 Å². The summed E-state index contributed by atoms with van der Waals surface area (Å²) >= 11 is 4.87. The average molecular weight is 306 g/mol. The van der Waals surface area contributed by atoms with Gasteiger partial charge in [0.1, 0.15) is 11.5 Å². The lowest BCUT2D eigenvalue weighted by Gasteiger charge is -2.14. The van der Waals surface area contributed by atoms with Crippen molar-refractivity contribution in [2.75, 3.05) is 0 Å². The van der Waals surface area contributed by atoms with Crippen molar-refractivity contribution in [2.24, 2.45) is 0 Å². The molecule has 0 bridgehead atoms. The van der Waals surface area contributed by atoms with Crippen LogP contribution in [0, 0.1) is 4.84 Å². The van der Waals surface area contributed by atoms with Crippen molar-refractivity contribution in [3.8, 4) is 11.5 Å². The van der Waals surface area contributed by atoms with E-state index in [0.717, 1.165) is 12.1 Å². The van der Waals surface area contributed by atoms with Crippen molar-refractivity contribution in [1.29, 1.82) is 0 Å². The summed E-state index contributed by atoms with van der Waals surface area (Å²) in [5, 5.41) is 3.83. The van der Waals surface area contributed by atoms with E-state index in [4.69, 9.17) is 21.4 Å². The number of nitrogens with zero attached hydrogens (tertiary/aromatic N) is 2. The lowest BCUT2D eigenvalue weighted by Crippen LogP contribution is -2.17. The molecule has 1 aromatic carbocycles. The summed E-state index contributed by atoms with van der Waals surface area (Å²) in [4.78, 5) is 0.134. The number of hydrogen-bond acceptors (Lipinski definition) is 5. The van der Waals surface area contributed by atoms with Crippen LogP contribution in [-0.4, -0.2) is 16.1 Å². The van der Waals surface area contributed by atoms with Gasteiger partial charge in [0, 0.05) is 0 Å². The van der Waals surface area contributed by atoms with Crippen molar-refractivity contribution >= 4 is 12.2 Å². The number of benzene rings is 1. The molecular weight excluding hydrogens is 297 g/mol. The van der Waals surface area contributed by atoms with Crippen LogP contribution in [0.3, 0.4) is 0 Å². The van der Waals surface area contributed by atoms with Crippen LogP contribution >= 0.6 is 12.2 Å². The third-order valence-electron chi connectivity index (χ3n) is 2.22. The fourth-order valence-corrected chi connectivity index (χ4v) is 1.67. The molecule has 0 aliphatic heterocycles. The van der Waals surface area contributed by atoms with Crippen molar-refractivity contribution in [2.45, 2.75) is 19.5 Å². The molecule has 0 spiro atoms. The van der Waals surface area contributed by atoms with E-state index >= 15 is 0 Å². The molecule has 5 nitrogen and oxygen atoms in total. The molecule has 20 heavy (non-hydrogen) atoms. The van der Waals surface area contributed by atoms with Crippen molar-refractivity contribution in [3.63, 3.8) is 0 Å². The topological polar surface area (TPSA) is 49.4 Å². The molecule has 1 aromatic heterocycles. The lowest BCUT2D eigenvalue weighted by molar-refractivity contribution is -0.274. The van der Waals surface area contributed by atoms with E-state index in [9.17, 15) is 13.2 Å². The zero-order valence-corrected chi connectivity index (χ0v) is 10.9. The molecule has 2 rings (SSSR count). The normalized spacial score (nSPS) is 13.0. The van der Waals surface area contributed by atoms with E-state index in [1.807, 2.05) is 0 Å². The molecule has 0 amide bonds. The first-order valence-corrected chi connectivity index (χ1v) is 5.81. The highest BCUT2D eigenvalue weighted by Crippen LogP contribution is 2.25. The first-order chi connectivity index (χ1) is 9.35. The molecule has 0 saturated heterocycles. The highest BCUT2D eigenvalue weighted by molar-refractivity contribution is 7.71. The van der Waals surface area contributed by atoms with Gasteiger partial charge in [-0.15, -0.1) is 18.3 Å². The third-order valence-corrected chi connectivity index (χ3v) is 2.50. The van der Waals surface area contributed by atoms with Gasteiger partial charge < -0.3 is 13.9 Å². The number of rotatable bonds is 4. The van der Waals surface area contributed by atoms with Gasteiger partial charge in [-0.25, -0.2) is 0 Å². The Labute approximate surface area is 116 Å². The van der Waals surface area contributed by atoms with Crippen LogP contribution in [-0.2, 0) is 0 Å². The summed E-state index contributed by atoms with van der Waals surface area (Å²) in [5.41, 5.74) is 0. The second-order valence-electron chi connectivity index (χ2n) is 3.69. The molecule has 0 N–H and O–H groups in total. The summed E-state index contributed by atoms with van der Waals surface area (Å²) < 4.78 is 51.3.